The second-order valence-electron chi connectivity index (χ2n) is 6.48. The molecule has 0 saturated heterocycles. The molecule has 0 aliphatic heterocycles. The van der Waals surface area contributed by atoms with Crippen LogP contribution in [0.25, 0.3) is 0 Å². The third-order valence-electron chi connectivity index (χ3n) is 4.18. The van der Waals surface area contributed by atoms with Crippen molar-refractivity contribution in [1.29, 1.82) is 0 Å². The van der Waals surface area contributed by atoms with Gasteiger partial charge in [-0.15, -0.1) is 0 Å². The molecule has 0 radical (unpaired) electrons. The average molecular weight is 356 g/mol. The number of benzene rings is 2. The van der Waals surface area contributed by atoms with Gasteiger partial charge in [-0.05, 0) is 61.7 Å². The fraction of sp³-hybridized carbons (Fsp3) is 0.250. The molecule has 1 unspecified atom stereocenters. The van der Waals surface area contributed by atoms with Crippen LogP contribution in [0.3, 0.4) is 0 Å². The fourth-order valence-electron chi connectivity index (χ4n) is 2.81. The van der Waals surface area contributed by atoms with Gasteiger partial charge in [0.1, 0.15) is 11.4 Å². The van der Waals surface area contributed by atoms with E-state index in [-0.39, 0.29) is 5.60 Å². The first kappa shape index (κ1) is 17.4. The Morgan fingerprint density at radius 2 is 1.84 bits per heavy atom. The number of anilines is 1. The van der Waals surface area contributed by atoms with E-state index in [9.17, 15) is 0 Å². The van der Waals surface area contributed by atoms with Crippen LogP contribution in [0.1, 0.15) is 18.9 Å². The molecule has 2 N–H and O–H groups in total. The zero-order valence-corrected chi connectivity index (χ0v) is 15.0. The number of aryl methyl sites for hydroxylation is 1. The first-order chi connectivity index (χ1) is 12.0. The quantitative estimate of drug-likeness (QED) is 0.631. The van der Waals surface area contributed by atoms with E-state index in [1.54, 1.807) is 6.20 Å². The molecule has 0 aliphatic rings. The summed E-state index contributed by atoms with van der Waals surface area (Å²) in [6.07, 6.45) is 7.30. The lowest BCUT2D eigenvalue weighted by Gasteiger charge is -2.31. The number of hydrogen-bond acceptors (Lipinski definition) is 3. The second kappa shape index (κ2) is 7.62. The molecular formula is C20H22ClN3O. The third-order valence-corrected chi connectivity index (χ3v) is 4.43. The summed E-state index contributed by atoms with van der Waals surface area (Å²) in [5.41, 5.74) is 7.35. The van der Waals surface area contributed by atoms with Gasteiger partial charge in [-0.3, -0.25) is 0 Å². The van der Waals surface area contributed by atoms with Gasteiger partial charge in [0.25, 0.3) is 0 Å². The monoisotopic (exact) mass is 355 g/mol. The summed E-state index contributed by atoms with van der Waals surface area (Å²) in [6.45, 7) is 2.84. The first-order valence-electron chi connectivity index (χ1n) is 8.27. The van der Waals surface area contributed by atoms with Crippen molar-refractivity contribution in [3.63, 3.8) is 0 Å². The van der Waals surface area contributed by atoms with Crippen LogP contribution in [0.15, 0.2) is 67.3 Å². The van der Waals surface area contributed by atoms with E-state index in [1.165, 1.54) is 5.56 Å². The molecule has 1 heterocycles. The maximum Gasteiger partial charge on any atom is 0.124 e. The lowest BCUT2D eigenvalue weighted by molar-refractivity contribution is 0.0605. The fourth-order valence-corrected chi connectivity index (χ4v) is 2.94. The van der Waals surface area contributed by atoms with E-state index in [0.717, 1.165) is 29.3 Å². The van der Waals surface area contributed by atoms with Crippen molar-refractivity contribution in [2.24, 2.45) is 0 Å². The smallest absolute Gasteiger partial charge is 0.124 e. The van der Waals surface area contributed by atoms with E-state index in [1.807, 2.05) is 53.5 Å². The van der Waals surface area contributed by atoms with Crippen LogP contribution in [0.2, 0.25) is 5.02 Å². The van der Waals surface area contributed by atoms with Gasteiger partial charge in [0.15, 0.2) is 0 Å². The highest BCUT2D eigenvalue weighted by Gasteiger charge is 2.27. The third kappa shape index (κ3) is 5.00. The van der Waals surface area contributed by atoms with Crippen molar-refractivity contribution >= 4 is 17.3 Å². The van der Waals surface area contributed by atoms with Gasteiger partial charge in [0.05, 0.1) is 12.9 Å². The summed E-state index contributed by atoms with van der Waals surface area (Å²) in [5.74, 6) is 0.813. The molecule has 5 heteroatoms. The predicted octanol–water partition coefficient (Wildman–Crippen LogP) is 4.59. The van der Waals surface area contributed by atoms with Gasteiger partial charge in [-0.25, -0.2) is 4.98 Å². The van der Waals surface area contributed by atoms with Crippen molar-refractivity contribution in [2.75, 3.05) is 5.73 Å². The summed E-state index contributed by atoms with van der Waals surface area (Å²) in [6, 6.07) is 15.5. The summed E-state index contributed by atoms with van der Waals surface area (Å²) in [7, 11) is 0. The van der Waals surface area contributed by atoms with E-state index in [4.69, 9.17) is 22.1 Å². The van der Waals surface area contributed by atoms with Crippen LogP contribution in [-0.4, -0.2) is 15.2 Å². The predicted molar refractivity (Wildman–Crippen MR) is 102 cm³/mol. The summed E-state index contributed by atoms with van der Waals surface area (Å²) in [5, 5.41) is 0.753. The molecule has 0 saturated carbocycles. The van der Waals surface area contributed by atoms with E-state index >= 15 is 0 Å². The molecule has 0 fully saturated rings. The standard InChI is InChI=1S/C20H22ClN3O/c1-20(14-24-13-12-23-15-24,25-19-8-6-18(22)7-9-19)11-10-16-2-4-17(21)5-3-16/h2-9,12-13,15H,10-11,14,22H2,1H3. The molecule has 0 amide bonds. The van der Waals surface area contributed by atoms with Crippen LogP contribution >= 0.6 is 11.6 Å². The molecule has 0 aliphatic carbocycles. The molecule has 3 aromatic rings. The Bertz CT molecular complexity index is 785. The topological polar surface area (TPSA) is 53.1 Å². The van der Waals surface area contributed by atoms with Gasteiger partial charge in [0.2, 0.25) is 0 Å². The Morgan fingerprint density at radius 3 is 2.48 bits per heavy atom. The van der Waals surface area contributed by atoms with Crippen molar-refractivity contribution in [1.82, 2.24) is 9.55 Å². The number of nitrogens with zero attached hydrogens (tertiary/aromatic N) is 2. The maximum atomic E-state index is 6.35. The van der Waals surface area contributed by atoms with Crippen molar-refractivity contribution in [3.8, 4) is 5.75 Å². The molecule has 1 atom stereocenters. The second-order valence-corrected chi connectivity index (χ2v) is 6.92. The maximum absolute atomic E-state index is 6.35. The van der Waals surface area contributed by atoms with Crippen molar-refractivity contribution in [3.05, 3.63) is 77.8 Å². The zero-order chi connectivity index (χ0) is 17.7. The Hall–Kier alpha value is -2.46. The Morgan fingerprint density at radius 1 is 1.12 bits per heavy atom. The minimum absolute atomic E-state index is 0.379. The molecule has 0 bridgehead atoms. The molecule has 2 aromatic carbocycles. The number of halogens is 1. The van der Waals surface area contributed by atoms with Gasteiger partial charge in [-0.1, -0.05) is 23.7 Å². The number of nitrogen functional groups attached to an aromatic ring is 1. The largest absolute Gasteiger partial charge is 0.486 e. The van der Waals surface area contributed by atoms with E-state index < -0.39 is 0 Å². The van der Waals surface area contributed by atoms with Crippen LogP contribution in [-0.2, 0) is 13.0 Å². The number of imidazole rings is 1. The van der Waals surface area contributed by atoms with Crippen LogP contribution in [0.4, 0.5) is 5.69 Å². The molecule has 0 spiro atoms. The highest BCUT2D eigenvalue weighted by Crippen LogP contribution is 2.26. The minimum Gasteiger partial charge on any atom is -0.486 e. The van der Waals surface area contributed by atoms with E-state index in [0.29, 0.717) is 6.54 Å². The van der Waals surface area contributed by atoms with Crippen LogP contribution in [0, 0.1) is 0 Å². The number of hydrogen-bond donors (Lipinski definition) is 1. The zero-order valence-electron chi connectivity index (χ0n) is 14.2. The van der Waals surface area contributed by atoms with Gasteiger partial charge < -0.3 is 15.0 Å². The Balaban J connectivity index is 1.75. The molecule has 3 rings (SSSR count). The van der Waals surface area contributed by atoms with Crippen molar-refractivity contribution < 1.29 is 4.74 Å². The van der Waals surface area contributed by atoms with Crippen LogP contribution < -0.4 is 10.5 Å². The Labute approximate surface area is 153 Å². The van der Waals surface area contributed by atoms with E-state index in [2.05, 4.69) is 24.0 Å². The SMILES string of the molecule is CC(CCc1ccc(Cl)cc1)(Cn1ccnc1)Oc1ccc(N)cc1. The first-order valence-corrected chi connectivity index (χ1v) is 8.65. The van der Waals surface area contributed by atoms with Gasteiger partial charge in [-0.2, -0.15) is 0 Å². The normalized spacial score (nSPS) is 13.4. The Kier molecular flexibility index (Phi) is 5.29. The highest BCUT2D eigenvalue weighted by molar-refractivity contribution is 6.30. The molecule has 130 valence electrons. The lowest BCUT2D eigenvalue weighted by Crippen LogP contribution is -2.37. The summed E-state index contributed by atoms with van der Waals surface area (Å²) < 4.78 is 8.39. The summed E-state index contributed by atoms with van der Waals surface area (Å²) in [4.78, 5) is 4.13. The number of nitrogens with two attached hydrogens (primary N) is 1. The van der Waals surface area contributed by atoms with Crippen LogP contribution in [0.5, 0.6) is 5.75 Å². The highest BCUT2D eigenvalue weighted by atomic mass is 35.5. The molecular weight excluding hydrogens is 334 g/mol. The lowest BCUT2D eigenvalue weighted by atomic mass is 9.96. The molecule has 1 aromatic heterocycles. The molecule has 4 nitrogen and oxygen atoms in total. The van der Waals surface area contributed by atoms with Crippen molar-refractivity contribution in [2.45, 2.75) is 31.9 Å². The summed E-state index contributed by atoms with van der Waals surface area (Å²) >= 11 is 5.97. The number of rotatable bonds is 7. The number of aromatic nitrogens is 2. The average Bonchev–Trinajstić information content (AvgIpc) is 3.09. The van der Waals surface area contributed by atoms with Gasteiger partial charge in [0, 0.05) is 23.1 Å². The molecule has 25 heavy (non-hydrogen) atoms. The number of ether oxygens (including phenoxy) is 1. The minimum atomic E-state index is -0.379. The van der Waals surface area contributed by atoms with Gasteiger partial charge >= 0.3 is 0 Å².